The number of hydrogen-bond donors (Lipinski definition) is 2. The fraction of sp³-hybridized carbons (Fsp3) is 0.471. The van der Waals surface area contributed by atoms with Gasteiger partial charge in [0.25, 0.3) is 0 Å². The highest BCUT2D eigenvalue weighted by molar-refractivity contribution is 5.89. The molecule has 10 heteroatoms. The van der Waals surface area contributed by atoms with E-state index in [4.69, 9.17) is 0 Å². The van der Waals surface area contributed by atoms with Crippen LogP contribution in [0.15, 0.2) is 18.2 Å². The number of piperidine rings is 1. The smallest absolute Gasteiger partial charge is 0.319 e. The summed E-state index contributed by atoms with van der Waals surface area (Å²) in [6.07, 6.45) is 1.72. The summed E-state index contributed by atoms with van der Waals surface area (Å²) in [5.74, 6) is 0.365. The van der Waals surface area contributed by atoms with E-state index in [-0.39, 0.29) is 17.6 Å². The van der Waals surface area contributed by atoms with E-state index >= 15 is 0 Å². The van der Waals surface area contributed by atoms with Crippen LogP contribution in [0.3, 0.4) is 0 Å². The van der Waals surface area contributed by atoms with Crippen LogP contribution in [0.4, 0.5) is 14.9 Å². The number of aryl methyl sites for hydroxylation is 1. The van der Waals surface area contributed by atoms with Gasteiger partial charge in [-0.2, -0.15) is 4.68 Å². The number of tetrazole rings is 1. The van der Waals surface area contributed by atoms with Gasteiger partial charge in [0.05, 0.1) is 0 Å². The highest BCUT2D eigenvalue weighted by atomic mass is 19.1. The molecule has 1 aliphatic heterocycles. The number of nitrogens with one attached hydrogen (secondary N) is 2. The van der Waals surface area contributed by atoms with Crippen molar-refractivity contribution >= 4 is 17.6 Å². The van der Waals surface area contributed by atoms with E-state index in [0.717, 1.165) is 25.9 Å². The van der Waals surface area contributed by atoms with E-state index in [0.29, 0.717) is 24.0 Å². The molecule has 0 atom stereocenters. The average Bonchev–Trinajstić information content (AvgIpc) is 3.07. The van der Waals surface area contributed by atoms with E-state index < -0.39 is 5.82 Å². The molecule has 0 bridgehead atoms. The second-order valence-corrected chi connectivity index (χ2v) is 6.59. The molecule has 3 rings (SSSR count). The Labute approximate surface area is 155 Å². The van der Waals surface area contributed by atoms with Crippen LogP contribution in [0.25, 0.3) is 5.69 Å². The number of aromatic nitrogens is 4. The van der Waals surface area contributed by atoms with E-state index in [2.05, 4.69) is 26.2 Å². The number of halogens is 1. The number of carbonyl (C=O) groups is 2. The second-order valence-electron chi connectivity index (χ2n) is 6.59. The summed E-state index contributed by atoms with van der Waals surface area (Å²) in [6, 6.07) is 3.84. The van der Waals surface area contributed by atoms with E-state index in [9.17, 15) is 14.0 Å². The van der Waals surface area contributed by atoms with Crippen molar-refractivity contribution in [3.63, 3.8) is 0 Å². The minimum Gasteiger partial charge on any atom is -0.343 e. The lowest BCUT2D eigenvalue weighted by Crippen LogP contribution is -2.41. The molecule has 9 nitrogen and oxygen atoms in total. The lowest BCUT2D eigenvalue weighted by Gasteiger charge is -2.31. The van der Waals surface area contributed by atoms with Crippen LogP contribution in [0.2, 0.25) is 0 Å². The molecule has 0 spiro atoms. The molecule has 3 amide bonds. The minimum atomic E-state index is -0.492. The van der Waals surface area contributed by atoms with Gasteiger partial charge in [-0.15, -0.1) is 5.10 Å². The van der Waals surface area contributed by atoms with Crippen molar-refractivity contribution in [2.24, 2.45) is 5.92 Å². The number of hydrogen-bond acceptors (Lipinski definition) is 5. The summed E-state index contributed by atoms with van der Waals surface area (Å²) in [4.78, 5) is 25.3. The first-order valence-corrected chi connectivity index (χ1v) is 8.79. The maximum atomic E-state index is 14.1. The van der Waals surface area contributed by atoms with Crippen LogP contribution in [0.1, 0.15) is 25.6 Å². The Hall–Kier alpha value is -3.04. The normalized spacial score (nSPS) is 14.9. The van der Waals surface area contributed by atoms with Gasteiger partial charge in [0.15, 0.2) is 5.82 Å². The van der Waals surface area contributed by atoms with Crippen LogP contribution in [-0.2, 0) is 4.79 Å². The zero-order chi connectivity index (χ0) is 19.4. The molecule has 0 aliphatic carbocycles. The third kappa shape index (κ3) is 4.57. The Bertz CT molecular complexity index is 830. The highest BCUT2D eigenvalue weighted by Gasteiger charge is 2.21. The molecule has 0 unspecified atom stereocenters. The van der Waals surface area contributed by atoms with Gasteiger partial charge in [-0.3, -0.25) is 4.79 Å². The van der Waals surface area contributed by atoms with Crippen molar-refractivity contribution in [3.8, 4) is 5.69 Å². The Morgan fingerprint density at radius 2 is 2.04 bits per heavy atom. The summed E-state index contributed by atoms with van der Waals surface area (Å²) in [5.41, 5.74) is 0.595. The number of carbonyl (C=O) groups excluding carboxylic acids is 2. The fourth-order valence-electron chi connectivity index (χ4n) is 3.07. The summed E-state index contributed by atoms with van der Waals surface area (Å²) < 4.78 is 15.3. The molecule has 0 saturated carbocycles. The molecule has 0 radical (unpaired) electrons. The van der Waals surface area contributed by atoms with Crippen LogP contribution >= 0.6 is 0 Å². The van der Waals surface area contributed by atoms with Crippen LogP contribution in [0, 0.1) is 18.7 Å². The maximum absolute atomic E-state index is 14.1. The highest BCUT2D eigenvalue weighted by Crippen LogP contribution is 2.19. The lowest BCUT2D eigenvalue weighted by molar-refractivity contribution is -0.130. The van der Waals surface area contributed by atoms with Crippen molar-refractivity contribution in [1.82, 2.24) is 30.4 Å². The van der Waals surface area contributed by atoms with Crippen molar-refractivity contribution in [2.75, 3.05) is 25.0 Å². The molecule has 27 heavy (non-hydrogen) atoms. The lowest BCUT2D eigenvalue weighted by atomic mass is 9.97. The quantitative estimate of drug-likeness (QED) is 0.842. The predicted octanol–water partition coefficient (Wildman–Crippen LogP) is 1.49. The van der Waals surface area contributed by atoms with Crippen molar-refractivity contribution in [1.29, 1.82) is 0 Å². The molecule has 2 aromatic rings. The van der Waals surface area contributed by atoms with E-state index in [1.165, 1.54) is 22.9 Å². The third-order valence-corrected chi connectivity index (χ3v) is 4.67. The van der Waals surface area contributed by atoms with Crippen LogP contribution < -0.4 is 10.6 Å². The zero-order valence-corrected chi connectivity index (χ0v) is 15.3. The molecular formula is C17H22FN7O2. The third-order valence-electron chi connectivity index (χ3n) is 4.67. The Balaban J connectivity index is 1.54. The van der Waals surface area contributed by atoms with Crippen LogP contribution in [0.5, 0.6) is 0 Å². The molecular weight excluding hydrogens is 353 g/mol. The summed E-state index contributed by atoms with van der Waals surface area (Å²) in [5, 5.41) is 16.5. The van der Waals surface area contributed by atoms with Crippen molar-refractivity contribution in [3.05, 3.63) is 29.8 Å². The molecule has 2 heterocycles. The van der Waals surface area contributed by atoms with Gasteiger partial charge in [0, 0.05) is 32.2 Å². The fourth-order valence-corrected chi connectivity index (χ4v) is 3.07. The largest absolute Gasteiger partial charge is 0.343 e. The number of anilines is 1. The zero-order valence-electron chi connectivity index (χ0n) is 15.3. The summed E-state index contributed by atoms with van der Waals surface area (Å²) in [6.45, 7) is 5.19. The summed E-state index contributed by atoms with van der Waals surface area (Å²) >= 11 is 0. The first kappa shape index (κ1) is 18.7. The number of rotatable bonds is 4. The van der Waals surface area contributed by atoms with Gasteiger partial charge in [0.2, 0.25) is 5.91 Å². The Kier molecular flexibility index (Phi) is 5.63. The van der Waals surface area contributed by atoms with Gasteiger partial charge in [-0.25, -0.2) is 9.18 Å². The van der Waals surface area contributed by atoms with E-state index in [1.807, 2.05) is 4.90 Å². The SMILES string of the molecule is CC(=O)N1CCC(CNC(=O)Nc2ccc(F)c(-n3nnnc3C)c2)CC1. The maximum Gasteiger partial charge on any atom is 0.319 e. The van der Waals surface area contributed by atoms with Gasteiger partial charge in [0.1, 0.15) is 11.5 Å². The van der Waals surface area contributed by atoms with Gasteiger partial charge < -0.3 is 15.5 Å². The molecule has 1 aromatic heterocycles. The molecule has 2 N–H and O–H groups in total. The second kappa shape index (κ2) is 8.11. The number of amides is 3. The topological polar surface area (TPSA) is 105 Å². The van der Waals surface area contributed by atoms with Crippen molar-refractivity contribution in [2.45, 2.75) is 26.7 Å². The molecule has 144 valence electrons. The first-order valence-electron chi connectivity index (χ1n) is 8.79. The summed E-state index contributed by atoms with van der Waals surface area (Å²) in [7, 11) is 0. The standard InChI is InChI=1S/C17H22FN7O2/c1-11-21-22-23-25(11)16-9-14(3-4-15(16)18)20-17(27)19-10-13-5-7-24(8-6-13)12(2)26/h3-4,9,13H,5-8,10H2,1-2H3,(H2,19,20,27). The monoisotopic (exact) mass is 375 g/mol. The number of benzene rings is 1. The van der Waals surface area contributed by atoms with Gasteiger partial charge in [-0.05, 0) is 54.3 Å². The number of nitrogens with zero attached hydrogens (tertiary/aromatic N) is 5. The minimum absolute atomic E-state index is 0.0871. The molecule has 1 aliphatic rings. The first-order chi connectivity index (χ1) is 12.9. The Morgan fingerprint density at radius 3 is 2.67 bits per heavy atom. The Morgan fingerprint density at radius 1 is 1.30 bits per heavy atom. The van der Waals surface area contributed by atoms with Crippen molar-refractivity contribution < 1.29 is 14.0 Å². The van der Waals surface area contributed by atoms with Crippen LogP contribution in [-0.4, -0.2) is 56.7 Å². The number of likely N-dealkylation sites (tertiary alicyclic amines) is 1. The number of urea groups is 1. The van der Waals surface area contributed by atoms with E-state index in [1.54, 1.807) is 13.8 Å². The van der Waals surface area contributed by atoms with Gasteiger partial charge in [-0.1, -0.05) is 0 Å². The van der Waals surface area contributed by atoms with Gasteiger partial charge >= 0.3 is 6.03 Å². The molecule has 1 fully saturated rings. The molecule has 1 aromatic carbocycles. The predicted molar refractivity (Wildman–Crippen MR) is 95.8 cm³/mol. The average molecular weight is 375 g/mol. The molecule has 1 saturated heterocycles.